The second-order valence-corrected chi connectivity index (χ2v) is 4.74. The first kappa shape index (κ1) is 12.6. The molecule has 1 saturated heterocycles. The highest BCUT2D eigenvalue weighted by Crippen LogP contribution is 2.25. The van der Waals surface area contributed by atoms with E-state index in [0.29, 0.717) is 0 Å². The first-order valence-electron chi connectivity index (χ1n) is 6.00. The summed E-state index contributed by atoms with van der Waals surface area (Å²) in [7, 11) is 0. The van der Waals surface area contributed by atoms with Crippen molar-refractivity contribution in [3.05, 3.63) is 34.4 Å². The molecule has 3 N–H and O–H groups in total. The number of phenolic OH excluding ortho intramolecular Hbond substituents is 1. The van der Waals surface area contributed by atoms with Crippen LogP contribution in [0.1, 0.15) is 18.1 Å². The Kier molecular flexibility index (Phi) is 3.39. The zero-order chi connectivity index (χ0) is 13.3. The van der Waals surface area contributed by atoms with Gasteiger partial charge in [-0.25, -0.2) is 0 Å². The van der Waals surface area contributed by atoms with Gasteiger partial charge in [0.25, 0.3) is 5.91 Å². The zero-order valence-electron chi connectivity index (χ0n) is 10.9. The predicted octanol–water partition coefficient (Wildman–Crippen LogP) is 1.87. The van der Waals surface area contributed by atoms with Gasteiger partial charge in [-0.3, -0.25) is 4.79 Å². The molecule has 1 aromatic rings. The number of aromatic hydroxyl groups is 1. The minimum Gasteiger partial charge on any atom is -0.508 e. The van der Waals surface area contributed by atoms with Gasteiger partial charge >= 0.3 is 0 Å². The van der Waals surface area contributed by atoms with Crippen LogP contribution in [0.3, 0.4) is 0 Å². The Balaban J connectivity index is 2.19. The van der Waals surface area contributed by atoms with E-state index in [1.54, 1.807) is 12.1 Å². The number of hydrogen-bond acceptors (Lipinski definition) is 3. The number of hydrogen-bond donors (Lipinski definition) is 3. The molecule has 0 atom stereocenters. The van der Waals surface area contributed by atoms with E-state index < -0.39 is 0 Å². The molecule has 4 heteroatoms. The van der Waals surface area contributed by atoms with Crippen molar-refractivity contribution in [2.45, 2.75) is 20.8 Å². The summed E-state index contributed by atoms with van der Waals surface area (Å²) in [4.78, 5) is 12.0. The number of aryl methyl sites for hydroxylation is 2. The van der Waals surface area contributed by atoms with Crippen molar-refractivity contribution in [1.82, 2.24) is 5.32 Å². The molecule has 1 aromatic carbocycles. The number of anilines is 1. The van der Waals surface area contributed by atoms with E-state index in [4.69, 9.17) is 0 Å². The van der Waals surface area contributed by atoms with Crippen LogP contribution in [0.5, 0.6) is 5.75 Å². The molecular weight excluding hydrogens is 228 g/mol. The Morgan fingerprint density at radius 2 is 1.94 bits per heavy atom. The summed E-state index contributed by atoms with van der Waals surface area (Å²) in [5.41, 5.74) is 4.30. The maximum absolute atomic E-state index is 12.0. The van der Waals surface area contributed by atoms with Crippen LogP contribution >= 0.6 is 0 Å². The van der Waals surface area contributed by atoms with Crippen molar-refractivity contribution in [2.75, 3.05) is 18.4 Å². The fourth-order valence-corrected chi connectivity index (χ4v) is 1.83. The van der Waals surface area contributed by atoms with Crippen molar-refractivity contribution in [3.63, 3.8) is 0 Å². The van der Waals surface area contributed by atoms with Crippen LogP contribution in [0.25, 0.3) is 0 Å². The molecule has 0 aliphatic carbocycles. The van der Waals surface area contributed by atoms with E-state index in [0.717, 1.165) is 41.1 Å². The second-order valence-electron chi connectivity index (χ2n) is 4.74. The molecule has 0 unspecified atom stereocenters. The summed E-state index contributed by atoms with van der Waals surface area (Å²) in [6.45, 7) is 7.11. The number of amides is 1. The molecule has 1 aliphatic heterocycles. The van der Waals surface area contributed by atoms with E-state index in [1.807, 2.05) is 20.8 Å². The average molecular weight is 246 g/mol. The number of rotatable bonds is 2. The number of phenols is 1. The Morgan fingerprint density at radius 3 is 2.50 bits per heavy atom. The molecule has 1 heterocycles. The topological polar surface area (TPSA) is 61.4 Å². The molecular formula is C14H18N2O2. The van der Waals surface area contributed by atoms with Gasteiger partial charge in [-0.1, -0.05) is 0 Å². The Hall–Kier alpha value is -1.81. The van der Waals surface area contributed by atoms with Crippen LogP contribution < -0.4 is 10.6 Å². The fourth-order valence-electron chi connectivity index (χ4n) is 1.83. The van der Waals surface area contributed by atoms with Gasteiger partial charge in [-0.15, -0.1) is 0 Å². The summed E-state index contributed by atoms with van der Waals surface area (Å²) in [5.74, 6) is 0.184. The summed E-state index contributed by atoms with van der Waals surface area (Å²) >= 11 is 0. The summed E-state index contributed by atoms with van der Waals surface area (Å²) in [6, 6.07) is 3.46. The van der Waals surface area contributed by atoms with Gasteiger partial charge in [0.15, 0.2) is 0 Å². The molecule has 18 heavy (non-hydrogen) atoms. The third-order valence-electron chi connectivity index (χ3n) is 3.34. The lowest BCUT2D eigenvalue weighted by molar-refractivity contribution is -0.112. The van der Waals surface area contributed by atoms with Crippen molar-refractivity contribution >= 4 is 11.6 Å². The minimum atomic E-state index is -0.0697. The molecule has 2 rings (SSSR count). The third-order valence-corrected chi connectivity index (χ3v) is 3.34. The van der Waals surface area contributed by atoms with Gasteiger partial charge in [-0.2, -0.15) is 0 Å². The van der Waals surface area contributed by atoms with Gasteiger partial charge in [0, 0.05) is 24.4 Å². The SMILES string of the molecule is CC(C(=O)Nc1cc(C)c(O)cc1C)=C1CNC1. The molecule has 0 spiro atoms. The molecule has 1 fully saturated rings. The Morgan fingerprint density at radius 1 is 1.28 bits per heavy atom. The van der Waals surface area contributed by atoms with Crippen LogP contribution in [0.15, 0.2) is 23.3 Å². The maximum Gasteiger partial charge on any atom is 0.251 e. The fraction of sp³-hybridized carbons (Fsp3) is 0.357. The van der Waals surface area contributed by atoms with Crippen molar-refractivity contribution < 1.29 is 9.90 Å². The van der Waals surface area contributed by atoms with Gasteiger partial charge in [0.05, 0.1) is 0 Å². The summed E-state index contributed by atoms with van der Waals surface area (Å²) in [6.07, 6.45) is 0. The quantitative estimate of drug-likeness (QED) is 0.551. The zero-order valence-corrected chi connectivity index (χ0v) is 10.9. The average Bonchev–Trinajstić information content (AvgIpc) is 2.23. The van der Waals surface area contributed by atoms with E-state index in [9.17, 15) is 9.90 Å². The van der Waals surface area contributed by atoms with Gasteiger partial charge in [0.1, 0.15) is 5.75 Å². The minimum absolute atomic E-state index is 0.0697. The Labute approximate surface area is 107 Å². The standard InChI is InChI=1S/C14H18N2O2/c1-8-5-13(17)9(2)4-12(8)16-14(18)10(3)11-6-15-7-11/h4-5,15,17H,6-7H2,1-3H3,(H,16,18). The van der Waals surface area contributed by atoms with Crippen molar-refractivity contribution in [2.24, 2.45) is 0 Å². The maximum atomic E-state index is 12.0. The van der Waals surface area contributed by atoms with E-state index in [2.05, 4.69) is 10.6 Å². The van der Waals surface area contributed by atoms with Crippen LogP contribution in [-0.2, 0) is 4.79 Å². The lowest BCUT2D eigenvalue weighted by Gasteiger charge is -2.21. The molecule has 0 saturated carbocycles. The highest BCUT2D eigenvalue weighted by atomic mass is 16.3. The molecule has 1 aliphatic rings. The largest absolute Gasteiger partial charge is 0.508 e. The third kappa shape index (κ3) is 2.38. The molecule has 0 aromatic heterocycles. The van der Waals surface area contributed by atoms with Crippen molar-refractivity contribution in [1.29, 1.82) is 0 Å². The van der Waals surface area contributed by atoms with Crippen LogP contribution in [0, 0.1) is 13.8 Å². The molecule has 4 nitrogen and oxygen atoms in total. The highest BCUT2D eigenvalue weighted by molar-refractivity contribution is 6.04. The number of nitrogens with one attached hydrogen (secondary N) is 2. The summed E-state index contributed by atoms with van der Waals surface area (Å²) in [5, 5.41) is 15.6. The van der Waals surface area contributed by atoms with Gasteiger partial charge in [-0.05, 0) is 49.6 Å². The van der Waals surface area contributed by atoms with Crippen LogP contribution in [0.2, 0.25) is 0 Å². The Bertz CT molecular complexity index is 527. The number of benzene rings is 1. The lowest BCUT2D eigenvalue weighted by atomic mass is 10.0. The van der Waals surface area contributed by atoms with Gasteiger partial charge < -0.3 is 15.7 Å². The van der Waals surface area contributed by atoms with Gasteiger partial charge in [0.2, 0.25) is 0 Å². The van der Waals surface area contributed by atoms with Crippen LogP contribution in [0.4, 0.5) is 5.69 Å². The molecule has 0 radical (unpaired) electrons. The highest BCUT2D eigenvalue weighted by Gasteiger charge is 2.16. The summed E-state index contributed by atoms with van der Waals surface area (Å²) < 4.78 is 0. The normalized spacial score (nSPS) is 14.1. The van der Waals surface area contributed by atoms with E-state index in [1.165, 1.54) is 0 Å². The molecule has 1 amide bonds. The lowest BCUT2D eigenvalue weighted by Crippen LogP contribution is -2.36. The molecule has 0 bridgehead atoms. The predicted molar refractivity (Wildman–Crippen MR) is 71.8 cm³/mol. The number of carbonyl (C=O) groups is 1. The number of carbonyl (C=O) groups excluding carboxylic acids is 1. The van der Waals surface area contributed by atoms with Crippen molar-refractivity contribution in [3.8, 4) is 5.75 Å². The van der Waals surface area contributed by atoms with E-state index >= 15 is 0 Å². The smallest absolute Gasteiger partial charge is 0.251 e. The molecule has 96 valence electrons. The second kappa shape index (κ2) is 4.82. The van der Waals surface area contributed by atoms with Crippen LogP contribution in [-0.4, -0.2) is 24.1 Å². The first-order valence-corrected chi connectivity index (χ1v) is 6.00. The first-order chi connectivity index (χ1) is 8.49. The monoisotopic (exact) mass is 246 g/mol. The van der Waals surface area contributed by atoms with E-state index in [-0.39, 0.29) is 11.7 Å².